The van der Waals surface area contributed by atoms with Crippen molar-refractivity contribution in [3.05, 3.63) is 50.1 Å². The second-order valence-corrected chi connectivity index (χ2v) is 5.59. The average molecular weight is 329 g/mol. The summed E-state index contributed by atoms with van der Waals surface area (Å²) in [5.74, 6) is -0.636. The number of carbonyl (C=O) groups excluding carboxylic acids is 1. The third-order valence-corrected chi connectivity index (χ3v) is 3.71. The first-order valence-corrected chi connectivity index (χ1v) is 6.88. The van der Waals surface area contributed by atoms with Crippen molar-refractivity contribution in [2.75, 3.05) is 0 Å². The van der Waals surface area contributed by atoms with E-state index in [9.17, 15) is 9.18 Å². The SMILES string of the molecule is Cc1nc(CNC(=O)c2ccc(F)c(Br)c2)cs1. The molecule has 0 aliphatic heterocycles. The molecule has 6 heteroatoms. The van der Waals surface area contributed by atoms with E-state index in [-0.39, 0.29) is 16.2 Å². The number of nitrogens with one attached hydrogen (secondary N) is 1. The summed E-state index contributed by atoms with van der Waals surface area (Å²) in [6.07, 6.45) is 0. The van der Waals surface area contributed by atoms with Gasteiger partial charge in [0.1, 0.15) is 5.82 Å². The summed E-state index contributed by atoms with van der Waals surface area (Å²) < 4.78 is 13.3. The van der Waals surface area contributed by atoms with Crippen LogP contribution in [0.4, 0.5) is 4.39 Å². The Balaban J connectivity index is 2.01. The molecule has 0 bridgehead atoms. The van der Waals surface area contributed by atoms with Gasteiger partial charge in [0.15, 0.2) is 0 Å². The predicted octanol–water partition coefficient (Wildman–Crippen LogP) is 3.28. The fourth-order valence-electron chi connectivity index (χ4n) is 1.40. The molecular formula is C12H10BrFN2OS. The lowest BCUT2D eigenvalue weighted by molar-refractivity contribution is 0.0950. The summed E-state index contributed by atoms with van der Waals surface area (Å²) in [5, 5.41) is 5.60. The zero-order valence-electron chi connectivity index (χ0n) is 9.54. The molecule has 0 fully saturated rings. The van der Waals surface area contributed by atoms with Gasteiger partial charge in [-0.25, -0.2) is 9.37 Å². The lowest BCUT2D eigenvalue weighted by Gasteiger charge is -2.04. The van der Waals surface area contributed by atoms with Crippen LogP contribution in [0.1, 0.15) is 21.1 Å². The number of hydrogen-bond acceptors (Lipinski definition) is 3. The maximum Gasteiger partial charge on any atom is 0.251 e. The molecule has 0 unspecified atom stereocenters. The Morgan fingerprint density at radius 3 is 2.94 bits per heavy atom. The Morgan fingerprint density at radius 2 is 2.33 bits per heavy atom. The van der Waals surface area contributed by atoms with Crippen LogP contribution in [0.15, 0.2) is 28.1 Å². The summed E-state index contributed by atoms with van der Waals surface area (Å²) >= 11 is 4.58. The van der Waals surface area contributed by atoms with Gasteiger partial charge in [-0.2, -0.15) is 0 Å². The van der Waals surface area contributed by atoms with Crippen LogP contribution in [-0.4, -0.2) is 10.9 Å². The smallest absolute Gasteiger partial charge is 0.251 e. The zero-order chi connectivity index (χ0) is 13.1. The molecule has 1 aromatic carbocycles. The van der Waals surface area contributed by atoms with Gasteiger partial charge >= 0.3 is 0 Å². The van der Waals surface area contributed by atoms with Crippen LogP contribution >= 0.6 is 27.3 Å². The molecule has 2 rings (SSSR count). The lowest BCUT2D eigenvalue weighted by Crippen LogP contribution is -2.23. The minimum atomic E-state index is -0.387. The van der Waals surface area contributed by atoms with Crippen LogP contribution in [0.2, 0.25) is 0 Å². The van der Waals surface area contributed by atoms with Crippen LogP contribution in [0.3, 0.4) is 0 Å². The Kier molecular flexibility index (Phi) is 4.08. The van der Waals surface area contributed by atoms with Crippen LogP contribution < -0.4 is 5.32 Å². The molecule has 0 atom stereocenters. The molecule has 0 aliphatic carbocycles. The molecule has 0 saturated heterocycles. The van der Waals surface area contributed by atoms with E-state index >= 15 is 0 Å². The number of nitrogens with zero attached hydrogens (tertiary/aromatic N) is 1. The molecule has 0 radical (unpaired) electrons. The highest BCUT2D eigenvalue weighted by atomic mass is 79.9. The number of benzene rings is 1. The Hall–Kier alpha value is -1.27. The van der Waals surface area contributed by atoms with E-state index in [1.165, 1.54) is 29.5 Å². The second-order valence-electron chi connectivity index (χ2n) is 3.67. The molecule has 2 aromatic rings. The molecule has 1 heterocycles. The van der Waals surface area contributed by atoms with Crippen LogP contribution in [0.5, 0.6) is 0 Å². The van der Waals surface area contributed by atoms with E-state index in [0.717, 1.165) is 10.7 Å². The van der Waals surface area contributed by atoms with Crippen molar-refractivity contribution in [2.24, 2.45) is 0 Å². The first kappa shape index (κ1) is 13.2. The van der Waals surface area contributed by atoms with E-state index in [1.807, 2.05) is 12.3 Å². The first-order chi connectivity index (χ1) is 8.56. The van der Waals surface area contributed by atoms with Gasteiger partial charge in [-0.1, -0.05) is 0 Å². The third kappa shape index (κ3) is 3.14. The number of thiazole rings is 1. The van der Waals surface area contributed by atoms with Crippen molar-refractivity contribution in [1.82, 2.24) is 10.3 Å². The molecule has 94 valence electrons. The average Bonchev–Trinajstić information content (AvgIpc) is 2.75. The number of hydrogen-bond donors (Lipinski definition) is 1. The van der Waals surface area contributed by atoms with Crippen LogP contribution in [0.25, 0.3) is 0 Å². The number of aryl methyl sites for hydroxylation is 1. The molecule has 18 heavy (non-hydrogen) atoms. The van der Waals surface area contributed by atoms with E-state index in [4.69, 9.17) is 0 Å². The molecule has 0 saturated carbocycles. The summed E-state index contributed by atoms with van der Waals surface area (Å²) in [6.45, 7) is 2.28. The fraction of sp³-hybridized carbons (Fsp3) is 0.167. The van der Waals surface area contributed by atoms with Crippen molar-refractivity contribution in [2.45, 2.75) is 13.5 Å². The number of rotatable bonds is 3. The Labute approximate surface area is 116 Å². The van der Waals surface area contributed by atoms with Crippen LogP contribution in [-0.2, 0) is 6.54 Å². The van der Waals surface area contributed by atoms with Crippen molar-refractivity contribution in [3.63, 3.8) is 0 Å². The number of aromatic nitrogens is 1. The quantitative estimate of drug-likeness (QED) is 0.939. The van der Waals surface area contributed by atoms with Crippen molar-refractivity contribution < 1.29 is 9.18 Å². The molecule has 1 amide bonds. The minimum absolute atomic E-state index is 0.249. The number of amides is 1. The normalized spacial score (nSPS) is 10.4. The summed E-state index contributed by atoms with van der Waals surface area (Å²) in [5.41, 5.74) is 1.24. The summed E-state index contributed by atoms with van der Waals surface area (Å²) in [6, 6.07) is 4.16. The molecule has 0 aliphatic rings. The zero-order valence-corrected chi connectivity index (χ0v) is 11.9. The predicted molar refractivity (Wildman–Crippen MR) is 72.1 cm³/mol. The fourth-order valence-corrected chi connectivity index (χ4v) is 2.39. The summed E-state index contributed by atoms with van der Waals surface area (Å²) in [4.78, 5) is 16.1. The van der Waals surface area contributed by atoms with E-state index < -0.39 is 0 Å². The highest BCUT2D eigenvalue weighted by molar-refractivity contribution is 9.10. The molecule has 3 nitrogen and oxygen atoms in total. The molecule has 0 spiro atoms. The van der Waals surface area contributed by atoms with Gasteiger partial charge < -0.3 is 5.32 Å². The minimum Gasteiger partial charge on any atom is -0.346 e. The molecule has 1 aromatic heterocycles. The van der Waals surface area contributed by atoms with Gasteiger partial charge in [0, 0.05) is 10.9 Å². The first-order valence-electron chi connectivity index (χ1n) is 5.20. The number of carbonyl (C=O) groups is 1. The highest BCUT2D eigenvalue weighted by Crippen LogP contribution is 2.17. The molecule has 1 N–H and O–H groups in total. The topological polar surface area (TPSA) is 42.0 Å². The third-order valence-electron chi connectivity index (χ3n) is 2.28. The molecular weight excluding hydrogens is 319 g/mol. The van der Waals surface area contributed by atoms with E-state index in [0.29, 0.717) is 12.1 Å². The monoisotopic (exact) mass is 328 g/mol. The van der Waals surface area contributed by atoms with E-state index in [1.54, 1.807) is 0 Å². The Bertz CT molecular complexity index is 585. The highest BCUT2D eigenvalue weighted by Gasteiger charge is 2.08. The van der Waals surface area contributed by atoms with Gasteiger partial charge in [0.05, 0.1) is 21.7 Å². The summed E-state index contributed by atoms with van der Waals surface area (Å²) in [7, 11) is 0. The Morgan fingerprint density at radius 1 is 1.56 bits per heavy atom. The van der Waals surface area contributed by atoms with E-state index in [2.05, 4.69) is 26.2 Å². The standard InChI is InChI=1S/C12H10BrFN2OS/c1-7-16-9(6-18-7)5-15-12(17)8-2-3-11(14)10(13)4-8/h2-4,6H,5H2,1H3,(H,15,17). The second kappa shape index (κ2) is 5.58. The maximum absolute atomic E-state index is 13.0. The van der Waals surface area contributed by atoms with Crippen molar-refractivity contribution >= 4 is 33.2 Å². The largest absolute Gasteiger partial charge is 0.346 e. The number of halogens is 2. The van der Waals surface area contributed by atoms with Gasteiger partial charge in [-0.3, -0.25) is 4.79 Å². The van der Waals surface area contributed by atoms with Gasteiger partial charge in [0.25, 0.3) is 5.91 Å². The van der Waals surface area contributed by atoms with Gasteiger partial charge in [-0.05, 0) is 41.1 Å². The van der Waals surface area contributed by atoms with Crippen LogP contribution in [0, 0.1) is 12.7 Å². The van der Waals surface area contributed by atoms with Crippen molar-refractivity contribution in [1.29, 1.82) is 0 Å². The lowest BCUT2D eigenvalue weighted by atomic mass is 10.2. The van der Waals surface area contributed by atoms with Crippen molar-refractivity contribution in [3.8, 4) is 0 Å². The maximum atomic E-state index is 13.0. The van der Waals surface area contributed by atoms with Gasteiger partial charge in [0.2, 0.25) is 0 Å². The van der Waals surface area contributed by atoms with Gasteiger partial charge in [-0.15, -0.1) is 11.3 Å².